The van der Waals surface area contributed by atoms with Crippen molar-refractivity contribution in [3.63, 3.8) is 0 Å². The third-order valence-electron chi connectivity index (χ3n) is 5.96. The van der Waals surface area contributed by atoms with Gasteiger partial charge in [-0.15, -0.1) is 0 Å². The first-order valence-electron chi connectivity index (χ1n) is 12.5. The summed E-state index contributed by atoms with van der Waals surface area (Å²) in [7, 11) is 0. The van der Waals surface area contributed by atoms with E-state index < -0.39 is 11.8 Å². The van der Waals surface area contributed by atoms with Crippen molar-refractivity contribution in [2.45, 2.75) is 19.4 Å². The van der Waals surface area contributed by atoms with Gasteiger partial charge in [0.25, 0.3) is 11.8 Å². The molecular formula is C32H28ClN3O3. The van der Waals surface area contributed by atoms with E-state index >= 15 is 0 Å². The van der Waals surface area contributed by atoms with Gasteiger partial charge in [0.2, 0.25) is 5.91 Å². The highest BCUT2D eigenvalue weighted by molar-refractivity contribution is 6.30. The van der Waals surface area contributed by atoms with Gasteiger partial charge in [-0.25, -0.2) is 0 Å². The second kappa shape index (κ2) is 13.2. The summed E-state index contributed by atoms with van der Waals surface area (Å²) in [6, 6.07) is 32.2. The van der Waals surface area contributed by atoms with Crippen LogP contribution in [0.5, 0.6) is 0 Å². The molecule has 0 bridgehead atoms. The van der Waals surface area contributed by atoms with Crippen LogP contribution in [0.25, 0.3) is 6.08 Å². The third kappa shape index (κ3) is 8.15. The first kappa shape index (κ1) is 27.4. The molecule has 1 atom stereocenters. The molecule has 6 nitrogen and oxygen atoms in total. The zero-order valence-corrected chi connectivity index (χ0v) is 22.1. The monoisotopic (exact) mass is 537 g/mol. The van der Waals surface area contributed by atoms with E-state index in [4.69, 9.17) is 11.6 Å². The Morgan fingerprint density at radius 1 is 0.795 bits per heavy atom. The number of anilines is 1. The van der Waals surface area contributed by atoms with E-state index in [-0.39, 0.29) is 24.1 Å². The fraction of sp³-hybridized carbons (Fsp3) is 0.0938. The van der Waals surface area contributed by atoms with Gasteiger partial charge < -0.3 is 16.0 Å². The van der Waals surface area contributed by atoms with Gasteiger partial charge in [-0.05, 0) is 66.1 Å². The van der Waals surface area contributed by atoms with Crippen LogP contribution in [0.15, 0.2) is 115 Å². The summed E-state index contributed by atoms with van der Waals surface area (Å²) in [4.78, 5) is 38.5. The van der Waals surface area contributed by atoms with Crippen LogP contribution in [-0.2, 0) is 16.0 Å². The number of hydrogen-bond donors (Lipinski definition) is 3. The number of nitrogens with one attached hydrogen (secondary N) is 3. The Balaban J connectivity index is 1.42. The molecule has 0 fully saturated rings. The second-order valence-corrected chi connectivity index (χ2v) is 9.39. The molecule has 3 N–H and O–H groups in total. The summed E-state index contributed by atoms with van der Waals surface area (Å²) in [5.41, 5.74) is 3.56. The molecule has 3 amide bonds. The second-order valence-electron chi connectivity index (χ2n) is 8.96. The molecule has 196 valence electrons. The number of benzene rings is 4. The number of rotatable bonds is 9. The quantitative estimate of drug-likeness (QED) is 0.223. The Bertz CT molecular complexity index is 1450. The Labute approximate surface area is 232 Å². The molecule has 0 saturated heterocycles. The van der Waals surface area contributed by atoms with Crippen molar-refractivity contribution < 1.29 is 14.4 Å². The summed E-state index contributed by atoms with van der Waals surface area (Å²) in [5.74, 6) is -0.992. The van der Waals surface area contributed by atoms with Crippen LogP contribution < -0.4 is 16.0 Å². The highest BCUT2D eigenvalue weighted by Gasteiger charge is 2.16. The molecule has 0 aromatic heterocycles. The fourth-order valence-corrected chi connectivity index (χ4v) is 4.00. The number of amides is 3. The molecule has 0 aliphatic carbocycles. The molecule has 0 aliphatic rings. The third-order valence-corrected chi connectivity index (χ3v) is 6.22. The predicted octanol–water partition coefficient (Wildman–Crippen LogP) is 6.17. The van der Waals surface area contributed by atoms with Gasteiger partial charge >= 0.3 is 0 Å². The summed E-state index contributed by atoms with van der Waals surface area (Å²) in [5, 5.41) is 9.09. The van der Waals surface area contributed by atoms with E-state index in [2.05, 4.69) is 16.0 Å². The van der Waals surface area contributed by atoms with Crippen LogP contribution in [0.1, 0.15) is 40.0 Å². The number of carbonyl (C=O) groups is 3. The molecule has 4 aromatic rings. The number of carbonyl (C=O) groups excluding carboxylic acids is 3. The lowest BCUT2D eigenvalue weighted by Crippen LogP contribution is -2.30. The number of halogens is 1. The van der Waals surface area contributed by atoms with Crippen molar-refractivity contribution in [3.8, 4) is 0 Å². The number of hydrogen-bond acceptors (Lipinski definition) is 3. The molecule has 7 heteroatoms. The summed E-state index contributed by atoms with van der Waals surface area (Å²) >= 11 is 5.98. The van der Waals surface area contributed by atoms with Crippen LogP contribution in [0.4, 0.5) is 5.69 Å². The van der Waals surface area contributed by atoms with Gasteiger partial charge in [0, 0.05) is 16.3 Å². The van der Waals surface area contributed by atoms with Crippen LogP contribution in [0.2, 0.25) is 5.02 Å². The van der Waals surface area contributed by atoms with E-state index in [0.29, 0.717) is 21.8 Å². The molecule has 1 unspecified atom stereocenters. The highest BCUT2D eigenvalue weighted by atomic mass is 35.5. The molecule has 4 aromatic carbocycles. The molecule has 0 radical (unpaired) electrons. The topological polar surface area (TPSA) is 87.3 Å². The zero-order valence-electron chi connectivity index (χ0n) is 21.4. The average molecular weight is 538 g/mol. The molecular weight excluding hydrogens is 510 g/mol. The smallest absolute Gasteiger partial charge is 0.272 e. The van der Waals surface area contributed by atoms with E-state index in [1.807, 2.05) is 43.3 Å². The first-order valence-corrected chi connectivity index (χ1v) is 12.8. The van der Waals surface area contributed by atoms with Crippen LogP contribution >= 0.6 is 11.6 Å². The van der Waals surface area contributed by atoms with Gasteiger partial charge in [-0.2, -0.15) is 0 Å². The molecule has 4 rings (SSSR count). The minimum absolute atomic E-state index is 0.0736. The largest absolute Gasteiger partial charge is 0.349 e. The van der Waals surface area contributed by atoms with Crippen LogP contribution in [-0.4, -0.2) is 17.7 Å². The van der Waals surface area contributed by atoms with Crippen LogP contribution in [0.3, 0.4) is 0 Å². The Hall–Kier alpha value is -4.68. The van der Waals surface area contributed by atoms with E-state index in [1.54, 1.807) is 78.9 Å². The van der Waals surface area contributed by atoms with E-state index in [0.717, 1.165) is 11.1 Å². The minimum atomic E-state index is -0.489. The zero-order chi connectivity index (χ0) is 27.6. The maximum atomic E-state index is 13.2. The predicted molar refractivity (Wildman–Crippen MR) is 155 cm³/mol. The van der Waals surface area contributed by atoms with Crippen molar-refractivity contribution in [1.82, 2.24) is 10.6 Å². The van der Waals surface area contributed by atoms with Crippen molar-refractivity contribution in [2.24, 2.45) is 0 Å². The van der Waals surface area contributed by atoms with Gasteiger partial charge in [-0.3, -0.25) is 14.4 Å². The average Bonchev–Trinajstić information content (AvgIpc) is 2.95. The standard InChI is InChI=1S/C32H28ClN3O3/c1-22(25-8-4-2-5-9-25)34-30(37)21-24-14-18-28(19-15-24)35-32(39)29(20-23-12-16-27(33)17-13-23)36-31(38)26-10-6-3-7-11-26/h2-20,22H,21H2,1H3,(H,34,37)(H,35,39)(H,36,38). The first-order chi connectivity index (χ1) is 18.9. The van der Waals surface area contributed by atoms with Crippen molar-refractivity contribution >= 4 is 41.1 Å². The minimum Gasteiger partial charge on any atom is -0.349 e. The van der Waals surface area contributed by atoms with Gasteiger partial charge in [-0.1, -0.05) is 84.4 Å². The Morgan fingerprint density at radius 3 is 2.05 bits per heavy atom. The lowest BCUT2D eigenvalue weighted by atomic mass is 10.1. The fourth-order valence-electron chi connectivity index (χ4n) is 3.88. The van der Waals surface area contributed by atoms with E-state index in [9.17, 15) is 14.4 Å². The maximum absolute atomic E-state index is 13.2. The lowest BCUT2D eigenvalue weighted by Gasteiger charge is -2.14. The summed E-state index contributed by atoms with van der Waals surface area (Å²) in [6.07, 6.45) is 1.79. The summed E-state index contributed by atoms with van der Waals surface area (Å²) in [6.45, 7) is 1.94. The SMILES string of the molecule is CC(NC(=O)Cc1ccc(NC(=O)C(=Cc2ccc(Cl)cc2)NC(=O)c2ccccc2)cc1)c1ccccc1. The normalized spacial score (nSPS) is 11.8. The summed E-state index contributed by atoms with van der Waals surface area (Å²) < 4.78 is 0. The molecule has 39 heavy (non-hydrogen) atoms. The van der Waals surface area contributed by atoms with Gasteiger partial charge in [0.15, 0.2) is 0 Å². The maximum Gasteiger partial charge on any atom is 0.272 e. The Morgan fingerprint density at radius 2 is 1.41 bits per heavy atom. The van der Waals surface area contributed by atoms with Gasteiger partial charge in [0.05, 0.1) is 12.5 Å². The molecule has 0 heterocycles. The molecule has 0 aliphatic heterocycles. The van der Waals surface area contributed by atoms with Crippen molar-refractivity contribution in [1.29, 1.82) is 0 Å². The Kier molecular flexibility index (Phi) is 9.27. The van der Waals surface area contributed by atoms with Crippen molar-refractivity contribution in [2.75, 3.05) is 5.32 Å². The van der Waals surface area contributed by atoms with E-state index in [1.165, 1.54) is 0 Å². The van der Waals surface area contributed by atoms with Gasteiger partial charge in [0.1, 0.15) is 5.70 Å². The van der Waals surface area contributed by atoms with Crippen molar-refractivity contribution in [3.05, 3.63) is 142 Å². The lowest BCUT2D eigenvalue weighted by molar-refractivity contribution is -0.121. The molecule has 0 saturated carbocycles. The highest BCUT2D eigenvalue weighted by Crippen LogP contribution is 2.16. The molecule has 0 spiro atoms. The van der Waals surface area contributed by atoms with Crippen LogP contribution in [0, 0.1) is 0 Å².